The van der Waals surface area contributed by atoms with Gasteiger partial charge in [-0.1, -0.05) is 31.2 Å². The van der Waals surface area contributed by atoms with E-state index in [0.717, 1.165) is 18.5 Å². The first-order valence-corrected chi connectivity index (χ1v) is 7.59. The van der Waals surface area contributed by atoms with E-state index in [1.807, 2.05) is 12.1 Å². The van der Waals surface area contributed by atoms with Crippen LogP contribution in [0, 0.1) is 26.6 Å². The number of benzene rings is 2. The maximum atomic E-state index is 13.2. The molecule has 21 heavy (non-hydrogen) atoms. The van der Waals surface area contributed by atoms with Gasteiger partial charge in [0, 0.05) is 0 Å². The Balaban J connectivity index is 2.45. The van der Waals surface area contributed by atoms with Crippen molar-refractivity contribution in [2.45, 2.75) is 40.2 Å². The number of hydrogen-bond acceptors (Lipinski definition) is 1. The van der Waals surface area contributed by atoms with E-state index >= 15 is 0 Å². The number of nitrogens with one attached hydrogen (secondary N) is 1. The fraction of sp³-hybridized carbons (Fsp3) is 0.368. The van der Waals surface area contributed by atoms with Gasteiger partial charge in [-0.2, -0.15) is 0 Å². The number of halogens is 1. The fourth-order valence-corrected chi connectivity index (χ4v) is 2.65. The van der Waals surface area contributed by atoms with Gasteiger partial charge in [-0.15, -0.1) is 0 Å². The van der Waals surface area contributed by atoms with E-state index in [-0.39, 0.29) is 11.9 Å². The maximum absolute atomic E-state index is 13.2. The molecule has 0 aliphatic heterocycles. The molecule has 0 bridgehead atoms. The van der Waals surface area contributed by atoms with E-state index in [1.54, 1.807) is 0 Å². The van der Waals surface area contributed by atoms with Crippen molar-refractivity contribution in [2.75, 3.05) is 6.54 Å². The third-order valence-electron chi connectivity index (χ3n) is 4.00. The monoisotopic (exact) mass is 285 g/mol. The zero-order valence-corrected chi connectivity index (χ0v) is 13.3. The molecular formula is C19H24FN. The van der Waals surface area contributed by atoms with Crippen molar-refractivity contribution in [1.29, 1.82) is 0 Å². The van der Waals surface area contributed by atoms with Crippen molar-refractivity contribution >= 4 is 0 Å². The highest BCUT2D eigenvalue weighted by Crippen LogP contribution is 2.27. The van der Waals surface area contributed by atoms with Crippen LogP contribution >= 0.6 is 0 Å². The molecule has 112 valence electrons. The van der Waals surface area contributed by atoms with Crippen molar-refractivity contribution in [3.63, 3.8) is 0 Å². The highest BCUT2D eigenvalue weighted by molar-refractivity contribution is 5.42. The molecule has 0 aliphatic carbocycles. The van der Waals surface area contributed by atoms with Gasteiger partial charge in [0.15, 0.2) is 0 Å². The van der Waals surface area contributed by atoms with E-state index in [4.69, 9.17) is 0 Å². The third kappa shape index (κ3) is 3.70. The smallest absolute Gasteiger partial charge is 0.123 e. The van der Waals surface area contributed by atoms with Crippen molar-refractivity contribution in [3.05, 3.63) is 70.0 Å². The summed E-state index contributed by atoms with van der Waals surface area (Å²) in [7, 11) is 0. The summed E-state index contributed by atoms with van der Waals surface area (Å²) in [6.07, 6.45) is 1.07. The minimum absolute atomic E-state index is 0.116. The summed E-state index contributed by atoms with van der Waals surface area (Å²) in [6.45, 7) is 9.51. The van der Waals surface area contributed by atoms with Crippen molar-refractivity contribution < 1.29 is 4.39 Å². The van der Waals surface area contributed by atoms with Crippen LogP contribution in [0.2, 0.25) is 0 Å². The van der Waals surface area contributed by atoms with Crippen LogP contribution in [0.4, 0.5) is 4.39 Å². The summed E-state index contributed by atoms with van der Waals surface area (Å²) in [5.41, 5.74) is 6.26. The van der Waals surface area contributed by atoms with Gasteiger partial charge in [0.25, 0.3) is 0 Å². The summed E-state index contributed by atoms with van der Waals surface area (Å²) in [6, 6.07) is 11.4. The summed E-state index contributed by atoms with van der Waals surface area (Å²) in [5.74, 6) is -0.190. The van der Waals surface area contributed by atoms with Gasteiger partial charge in [-0.05, 0) is 73.7 Å². The van der Waals surface area contributed by atoms with Crippen LogP contribution in [-0.2, 0) is 0 Å². The molecule has 2 aromatic rings. The highest BCUT2D eigenvalue weighted by atomic mass is 19.1. The van der Waals surface area contributed by atoms with Crippen LogP contribution in [0.25, 0.3) is 0 Å². The van der Waals surface area contributed by atoms with Crippen molar-refractivity contribution in [3.8, 4) is 0 Å². The lowest BCUT2D eigenvalue weighted by Crippen LogP contribution is -2.24. The normalized spacial score (nSPS) is 12.4. The van der Waals surface area contributed by atoms with Crippen LogP contribution in [-0.4, -0.2) is 6.54 Å². The van der Waals surface area contributed by atoms with E-state index in [9.17, 15) is 4.39 Å². The molecule has 0 spiro atoms. The molecule has 1 unspecified atom stereocenters. The molecule has 0 heterocycles. The van der Waals surface area contributed by atoms with Crippen LogP contribution in [0.5, 0.6) is 0 Å². The fourth-order valence-electron chi connectivity index (χ4n) is 2.65. The largest absolute Gasteiger partial charge is 0.306 e. The summed E-state index contributed by atoms with van der Waals surface area (Å²) in [4.78, 5) is 0. The lowest BCUT2D eigenvalue weighted by atomic mass is 9.91. The molecule has 0 radical (unpaired) electrons. The molecule has 0 fully saturated rings. The molecule has 2 heteroatoms. The van der Waals surface area contributed by atoms with Crippen LogP contribution in [0.1, 0.15) is 47.2 Å². The average Bonchev–Trinajstić information content (AvgIpc) is 2.46. The molecule has 2 aromatic carbocycles. The second-order valence-electron chi connectivity index (χ2n) is 5.73. The van der Waals surface area contributed by atoms with Crippen LogP contribution in [0.3, 0.4) is 0 Å². The first-order chi connectivity index (χ1) is 10.0. The molecule has 0 aliphatic rings. The van der Waals surface area contributed by atoms with Crippen LogP contribution in [0.15, 0.2) is 36.4 Å². The number of hydrogen-bond donors (Lipinski definition) is 1. The lowest BCUT2D eigenvalue weighted by molar-refractivity contribution is 0.590. The van der Waals surface area contributed by atoms with Gasteiger partial charge in [0.2, 0.25) is 0 Å². The van der Waals surface area contributed by atoms with E-state index < -0.39 is 0 Å². The Bertz CT molecular complexity index is 602. The van der Waals surface area contributed by atoms with Crippen molar-refractivity contribution in [2.24, 2.45) is 0 Å². The Morgan fingerprint density at radius 1 is 0.952 bits per heavy atom. The van der Waals surface area contributed by atoms with E-state index in [0.29, 0.717) is 0 Å². The SMILES string of the molecule is CCCNC(c1ccc(F)cc1)c1cc(C)c(C)cc1C. The van der Waals surface area contributed by atoms with Gasteiger partial charge >= 0.3 is 0 Å². The maximum Gasteiger partial charge on any atom is 0.123 e. The molecular weight excluding hydrogens is 261 g/mol. The molecule has 0 saturated carbocycles. The Labute approximate surface area is 127 Å². The van der Waals surface area contributed by atoms with Gasteiger partial charge < -0.3 is 5.32 Å². The van der Waals surface area contributed by atoms with Gasteiger partial charge in [0.1, 0.15) is 5.82 Å². The first-order valence-electron chi connectivity index (χ1n) is 7.59. The zero-order chi connectivity index (χ0) is 15.4. The Morgan fingerprint density at radius 2 is 1.57 bits per heavy atom. The van der Waals surface area contributed by atoms with E-state index in [1.165, 1.54) is 34.4 Å². The molecule has 0 aromatic heterocycles. The highest BCUT2D eigenvalue weighted by Gasteiger charge is 2.16. The van der Waals surface area contributed by atoms with Crippen molar-refractivity contribution in [1.82, 2.24) is 5.32 Å². The van der Waals surface area contributed by atoms with Gasteiger partial charge in [-0.25, -0.2) is 4.39 Å². The molecule has 1 atom stereocenters. The third-order valence-corrected chi connectivity index (χ3v) is 4.00. The molecule has 1 N–H and O–H groups in total. The predicted molar refractivity (Wildman–Crippen MR) is 87.2 cm³/mol. The zero-order valence-electron chi connectivity index (χ0n) is 13.3. The minimum Gasteiger partial charge on any atom is -0.306 e. The summed E-state index contributed by atoms with van der Waals surface area (Å²) in [5, 5.41) is 3.59. The van der Waals surface area contributed by atoms with Gasteiger partial charge in [0.05, 0.1) is 6.04 Å². The average molecular weight is 285 g/mol. The topological polar surface area (TPSA) is 12.0 Å². The molecule has 2 rings (SSSR count). The Kier molecular flexibility index (Phi) is 5.13. The number of rotatable bonds is 5. The molecule has 1 nitrogen and oxygen atoms in total. The first kappa shape index (κ1) is 15.7. The minimum atomic E-state index is -0.190. The Morgan fingerprint density at radius 3 is 2.19 bits per heavy atom. The summed E-state index contributed by atoms with van der Waals surface area (Å²) >= 11 is 0. The second kappa shape index (κ2) is 6.86. The predicted octanol–water partition coefficient (Wildman–Crippen LogP) is 4.84. The molecule has 0 amide bonds. The lowest BCUT2D eigenvalue weighted by Gasteiger charge is -2.23. The van der Waals surface area contributed by atoms with E-state index in [2.05, 4.69) is 45.1 Å². The summed E-state index contributed by atoms with van der Waals surface area (Å²) < 4.78 is 13.2. The number of aryl methyl sites for hydroxylation is 3. The van der Waals surface area contributed by atoms with Crippen LogP contribution < -0.4 is 5.32 Å². The standard InChI is InChI=1S/C19H24FN/c1-5-10-21-19(16-6-8-17(20)9-7-16)18-12-14(3)13(2)11-15(18)4/h6-9,11-12,19,21H,5,10H2,1-4H3. The molecule has 0 saturated heterocycles. The Hall–Kier alpha value is -1.67. The quantitative estimate of drug-likeness (QED) is 0.829. The second-order valence-corrected chi connectivity index (χ2v) is 5.73. The van der Waals surface area contributed by atoms with Gasteiger partial charge in [-0.3, -0.25) is 0 Å².